The number of carbonyl (C=O) groups is 1. The molecule has 0 atom stereocenters. The van der Waals surface area contributed by atoms with E-state index in [9.17, 15) is 9.59 Å². The van der Waals surface area contributed by atoms with Crippen molar-refractivity contribution >= 4 is 45.6 Å². The standard InChI is InChI=1S/C16H13ClN2O3S2/c1-10-7-19-14(20)6-12(18-16(19)24-10)8-22-15(21)9-23-13-4-2-11(17)3-5-13/h2-7H,8-9H2,1H3. The van der Waals surface area contributed by atoms with Crippen LogP contribution in [0.4, 0.5) is 0 Å². The zero-order chi connectivity index (χ0) is 17.1. The van der Waals surface area contributed by atoms with Gasteiger partial charge in [0.1, 0.15) is 6.61 Å². The van der Waals surface area contributed by atoms with Crippen molar-refractivity contribution < 1.29 is 9.53 Å². The first-order valence-corrected chi connectivity index (χ1v) is 9.22. The van der Waals surface area contributed by atoms with Crippen LogP contribution in [0, 0.1) is 6.92 Å². The van der Waals surface area contributed by atoms with Crippen LogP contribution in [0.5, 0.6) is 0 Å². The van der Waals surface area contributed by atoms with Crippen LogP contribution in [0.1, 0.15) is 10.6 Å². The lowest BCUT2D eigenvalue weighted by Gasteiger charge is -2.05. The highest BCUT2D eigenvalue weighted by atomic mass is 35.5. The van der Waals surface area contributed by atoms with E-state index in [1.807, 2.05) is 19.1 Å². The predicted molar refractivity (Wildman–Crippen MR) is 96.0 cm³/mol. The van der Waals surface area contributed by atoms with Gasteiger partial charge in [-0.3, -0.25) is 14.0 Å². The van der Waals surface area contributed by atoms with Crippen molar-refractivity contribution in [3.63, 3.8) is 0 Å². The van der Waals surface area contributed by atoms with E-state index in [0.29, 0.717) is 15.7 Å². The van der Waals surface area contributed by atoms with Crippen LogP contribution in [0.15, 0.2) is 46.2 Å². The number of ether oxygens (including phenoxy) is 1. The van der Waals surface area contributed by atoms with Crippen LogP contribution in [0.25, 0.3) is 4.96 Å². The lowest BCUT2D eigenvalue weighted by molar-refractivity contribution is -0.141. The van der Waals surface area contributed by atoms with Crippen LogP contribution in [0.2, 0.25) is 5.02 Å². The average Bonchev–Trinajstić information content (AvgIpc) is 2.93. The molecule has 0 amide bonds. The monoisotopic (exact) mass is 380 g/mol. The highest BCUT2D eigenvalue weighted by Crippen LogP contribution is 2.20. The largest absolute Gasteiger partial charge is 0.459 e. The minimum absolute atomic E-state index is 0.0112. The Labute approximate surface area is 151 Å². The first kappa shape index (κ1) is 17.0. The number of rotatable bonds is 5. The fraction of sp³-hybridized carbons (Fsp3) is 0.188. The van der Waals surface area contributed by atoms with E-state index in [1.54, 1.807) is 18.3 Å². The molecule has 0 bridgehead atoms. The fourth-order valence-corrected chi connectivity index (χ4v) is 3.67. The Morgan fingerprint density at radius 1 is 1.38 bits per heavy atom. The first-order chi connectivity index (χ1) is 11.5. The second kappa shape index (κ2) is 7.38. The van der Waals surface area contributed by atoms with Crippen molar-refractivity contribution in [1.29, 1.82) is 0 Å². The Balaban J connectivity index is 1.58. The number of carbonyl (C=O) groups excluding carboxylic acids is 1. The maximum Gasteiger partial charge on any atom is 0.316 e. The molecule has 124 valence electrons. The maximum atomic E-state index is 12.0. The summed E-state index contributed by atoms with van der Waals surface area (Å²) in [6.07, 6.45) is 1.74. The Hall–Kier alpha value is -1.83. The molecule has 0 saturated carbocycles. The Kier molecular flexibility index (Phi) is 5.23. The molecule has 1 aromatic carbocycles. The second-order valence-electron chi connectivity index (χ2n) is 4.98. The van der Waals surface area contributed by atoms with Gasteiger partial charge in [0, 0.05) is 27.1 Å². The van der Waals surface area contributed by atoms with E-state index in [1.165, 1.54) is 33.6 Å². The normalized spacial score (nSPS) is 10.9. The van der Waals surface area contributed by atoms with Gasteiger partial charge in [0.15, 0.2) is 4.96 Å². The lowest BCUT2D eigenvalue weighted by Crippen LogP contribution is -2.15. The number of hydrogen-bond donors (Lipinski definition) is 0. The number of fused-ring (bicyclic) bond motifs is 1. The van der Waals surface area contributed by atoms with Gasteiger partial charge in [-0.15, -0.1) is 23.1 Å². The molecule has 2 aromatic heterocycles. The number of thiazole rings is 1. The van der Waals surface area contributed by atoms with E-state index >= 15 is 0 Å². The fourth-order valence-electron chi connectivity index (χ4n) is 2.00. The summed E-state index contributed by atoms with van der Waals surface area (Å²) in [5.41, 5.74) is 0.276. The van der Waals surface area contributed by atoms with Gasteiger partial charge in [0.25, 0.3) is 5.56 Å². The summed E-state index contributed by atoms with van der Waals surface area (Å²) in [6, 6.07) is 8.61. The number of benzene rings is 1. The van der Waals surface area contributed by atoms with E-state index < -0.39 is 0 Å². The number of halogens is 1. The molecule has 0 aliphatic heterocycles. The number of nitrogens with zero attached hydrogens (tertiary/aromatic N) is 2. The molecule has 0 spiro atoms. The van der Waals surface area contributed by atoms with Crippen molar-refractivity contribution in [2.45, 2.75) is 18.4 Å². The molecule has 0 radical (unpaired) electrons. The van der Waals surface area contributed by atoms with Crippen LogP contribution >= 0.6 is 34.7 Å². The van der Waals surface area contributed by atoms with Crippen molar-refractivity contribution in [2.24, 2.45) is 0 Å². The van der Waals surface area contributed by atoms with Crippen molar-refractivity contribution in [1.82, 2.24) is 9.38 Å². The minimum Gasteiger partial charge on any atom is -0.459 e. The van der Waals surface area contributed by atoms with Gasteiger partial charge in [-0.05, 0) is 31.2 Å². The summed E-state index contributed by atoms with van der Waals surface area (Å²) in [5.74, 6) is -0.180. The van der Waals surface area contributed by atoms with Crippen molar-refractivity contribution in [3.05, 3.63) is 62.5 Å². The molecule has 8 heteroatoms. The van der Waals surface area contributed by atoms with Gasteiger partial charge < -0.3 is 4.74 Å². The summed E-state index contributed by atoms with van der Waals surface area (Å²) in [6.45, 7) is 1.90. The zero-order valence-corrected chi connectivity index (χ0v) is 15.1. The maximum absolute atomic E-state index is 12.0. The lowest BCUT2D eigenvalue weighted by atomic mass is 10.4. The zero-order valence-electron chi connectivity index (χ0n) is 12.7. The molecule has 0 fully saturated rings. The molecule has 0 aliphatic carbocycles. The van der Waals surface area contributed by atoms with Crippen LogP contribution in [-0.4, -0.2) is 21.1 Å². The predicted octanol–water partition coefficient (Wildman–Crippen LogP) is 3.55. The molecule has 2 heterocycles. The number of esters is 1. The quantitative estimate of drug-likeness (QED) is 0.500. The average molecular weight is 381 g/mol. The first-order valence-electron chi connectivity index (χ1n) is 7.04. The number of aryl methyl sites for hydroxylation is 1. The van der Waals surface area contributed by atoms with Crippen LogP contribution in [-0.2, 0) is 16.1 Å². The van der Waals surface area contributed by atoms with Gasteiger partial charge in [-0.1, -0.05) is 11.6 Å². The molecule has 0 N–H and O–H groups in total. The summed E-state index contributed by atoms with van der Waals surface area (Å²) in [7, 11) is 0. The van der Waals surface area contributed by atoms with E-state index in [4.69, 9.17) is 16.3 Å². The summed E-state index contributed by atoms with van der Waals surface area (Å²) >= 11 is 8.60. The molecule has 0 unspecified atom stereocenters. The van der Waals surface area contributed by atoms with E-state index in [2.05, 4.69) is 4.98 Å². The number of hydrogen-bond acceptors (Lipinski definition) is 6. The van der Waals surface area contributed by atoms with Gasteiger partial charge >= 0.3 is 5.97 Å². The summed E-state index contributed by atoms with van der Waals surface area (Å²) in [5, 5.41) is 0.651. The Morgan fingerprint density at radius 2 is 2.12 bits per heavy atom. The van der Waals surface area contributed by atoms with Crippen molar-refractivity contribution in [2.75, 3.05) is 5.75 Å². The van der Waals surface area contributed by atoms with Crippen LogP contribution in [0.3, 0.4) is 0 Å². The molecule has 5 nitrogen and oxygen atoms in total. The molecule has 0 aliphatic rings. The van der Waals surface area contributed by atoms with Gasteiger partial charge in [0.05, 0.1) is 11.4 Å². The second-order valence-corrected chi connectivity index (χ2v) is 7.68. The smallest absolute Gasteiger partial charge is 0.316 e. The Bertz CT molecular complexity index is 935. The van der Waals surface area contributed by atoms with Gasteiger partial charge in [-0.25, -0.2) is 4.98 Å². The highest BCUT2D eigenvalue weighted by molar-refractivity contribution is 8.00. The molecular weight excluding hydrogens is 368 g/mol. The Morgan fingerprint density at radius 3 is 2.88 bits per heavy atom. The SMILES string of the molecule is Cc1cn2c(=O)cc(COC(=O)CSc3ccc(Cl)cc3)nc2s1. The highest BCUT2D eigenvalue weighted by Gasteiger charge is 2.09. The summed E-state index contributed by atoms with van der Waals surface area (Å²) in [4.78, 5) is 30.7. The van der Waals surface area contributed by atoms with Crippen molar-refractivity contribution in [3.8, 4) is 0 Å². The van der Waals surface area contributed by atoms with Crippen LogP contribution < -0.4 is 5.56 Å². The molecule has 0 saturated heterocycles. The van der Waals surface area contributed by atoms with E-state index in [-0.39, 0.29) is 23.9 Å². The third-order valence-electron chi connectivity index (χ3n) is 3.09. The topological polar surface area (TPSA) is 60.7 Å². The molecular formula is C16H13ClN2O3S2. The van der Waals surface area contributed by atoms with Gasteiger partial charge in [-0.2, -0.15) is 0 Å². The summed E-state index contributed by atoms with van der Waals surface area (Å²) < 4.78 is 6.68. The number of aromatic nitrogens is 2. The molecule has 24 heavy (non-hydrogen) atoms. The molecule has 3 aromatic rings. The molecule has 3 rings (SSSR count). The minimum atomic E-state index is -0.362. The number of thioether (sulfide) groups is 1. The third-order valence-corrected chi connectivity index (χ3v) is 5.22. The third kappa shape index (κ3) is 4.17. The van der Waals surface area contributed by atoms with Gasteiger partial charge in [0.2, 0.25) is 0 Å². The van der Waals surface area contributed by atoms with E-state index in [0.717, 1.165) is 9.77 Å².